The predicted molar refractivity (Wildman–Crippen MR) is 100 cm³/mol. The minimum atomic E-state index is 0.453. The van der Waals surface area contributed by atoms with Crippen LogP contribution in [0.25, 0.3) is 0 Å². The van der Waals surface area contributed by atoms with Gasteiger partial charge in [-0.25, -0.2) is 4.99 Å². The maximum absolute atomic E-state index is 5.96. The predicted octanol–water partition coefficient (Wildman–Crippen LogP) is 3.37. The third-order valence-corrected chi connectivity index (χ3v) is 3.78. The third-order valence-electron chi connectivity index (χ3n) is 3.54. The molecule has 0 bridgehead atoms. The van der Waals surface area contributed by atoms with Gasteiger partial charge < -0.3 is 19.5 Å². The minimum Gasteiger partial charge on any atom is -0.492 e. The molecule has 136 valence electrons. The Morgan fingerprint density at radius 3 is 2.88 bits per heavy atom. The van der Waals surface area contributed by atoms with E-state index in [1.165, 1.54) is 0 Å². The lowest BCUT2D eigenvalue weighted by Gasteiger charge is -2.22. The van der Waals surface area contributed by atoms with Gasteiger partial charge >= 0.3 is 0 Å². The smallest absolute Gasteiger partial charge is 0.194 e. The van der Waals surface area contributed by atoms with Crippen molar-refractivity contribution in [2.75, 3.05) is 26.7 Å². The van der Waals surface area contributed by atoms with Crippen molar-refractivity contribution in [2.24, 2.45) is 4.99 Å². The van der Waals surface area contributed by atoms with Crippen LogP contribution >= 0.6 is 11.6 Å². The molecule has 0 spiro atoms. The lowest BCUT2D eigenvalue weighted by atomic mass is 10.3. The number of hydrogen-bond donors (Lipinski definition) is 1. The van der Waals surface area contributed by atoms with E-state index in [1.54, 1.807) is 6.07 Å². The molecule has 1 aromatic carbocycles. The van der Waals surface area contributed by atoms with Gasteiger partial charge in [0.15, 0.2) is 11.7 Å². The highest BCUT2D eigenvalue weighted by molar-refractivity contribution is 6.30. The van der Waals surface area contributed by atoms with Gasteiger partial charge in [0.05, 0.1) is 12.2 Å². The van der Waals surface area contributed by atoms with E-state index in [9.17, 15) is 0 Å². The molecular formula is C18H25ClN4O2. The second-order valence-electron chi connectivity index (χ2n) is 5.54. The molecule has 6 nitrogen and oxygen atoms in total. The first-order valence-corrected chi connectivity index (χ1v) is 8.82. The Labute approximate surface area is 153 Å². The Kier molecular flexibility index (Phi) is 7.60. The quantitative estimate of drug-likeness (QED) is 0.574. The highest BCUT2D eigenvalue weighted by Crippen LogP contribution is 2.16. The molecule has 0 saturated carbocycles. The van der Waals surface area contributed by atoms with Crippen LogP contribution in [0.15, 0.2) is 39.8 Å². The molecule has 2 aromatic rings. The largest absolute Gasteiger partial charge is 0.492 e. The van der Waals surface area contributed by atoms with E-state index in [0.717, 1.165) is 36.1 Å². The lowest BCUT2D eigenvalue weighted by molar-refractivity contribution is 0.281. The Hall–Kier alpha value is -2.21. The van der Waals surface area contributed by atoms with E-state index in [4.69, 9.17) is 20.9 Å². The number of guanidine groups is 1. The number of likely N-dealkylation sites (N-methyl/N-ethyl adjacent to an activating group) is 1. The van der Waals surface area contributed by atoms with E-state index >= 15 is 0 Å². The van der Waals surface area contributed by atoms with E-state index in [2.05, 4.69) is 15.5 Å². The standard InChI is InChI=1S/C18H25ClN4O2/c1-4-15-12-17(25-22-15)13-21-18(20-5-2)23(3)9-10-24-16-8-6-7-14(19)11-16/h6-8,11-12H,4-5,9-10,13H2,1-3H3,(H,20,21). The SMILES string of the molecule is CCNC(=NCc1cc(CC)no1)N(C)CCOc1cccc(Cl)c1. The molecule has 0 aliphatic heterocycles. The molecular weight excluding hydrogens is 340 g/mol. The summed E-state index contributed by atoms with van der Waals surface area (Å²) in [5.74, 6) is 2.32. The van der Waals surface area contributed by atoms with Crippen molar-refractivity contribution in [3.63, 3.8) is 0 Å². The van der Waals surface area contributed by atoms with Crippen molar-refractivity contribution in [1.29, 1.82) is 0 Å². The van der Waals surface area contributed by atoms with Crippen LogP contribution in [0.1, 0.15) is 25.3 Å². The molecule has 2 rings (SSSR count). The average molecular weight is 365 g/mol. The van der Waals surface area contributed by atoms with Gasteiger partial charge in [-0.05, 0) is 31.5 Å². The summed E-state index contributed by atoms with van der Waals surface area (Å²) in [6.07, 6.45) is 0.855. The van der Waals surface area contributed by atoms with E-state index in [1.807, 2.05) is 50.1 Å². The monoisotopic (exact) mass is 364 g/mol. The molecule has 0 radical (unpaired) electrons. The van der Waals surface area contributed by atoms with Crippen molar-refractivity contribution < 1.29 is 9.26 Å². The Morgan fingerprint density at radius 1 is 1.36 bits per heavy atom. The molecule has 1 aromatic heterocycles. The van der Waals surface area contributed by atoms with Crippen LogP contribution in [-0.4, -0.2) is 42.8 Å². The zero-order chi connectivity index (χ0) is 18.1. The summed E-state index contributed by atoms with van der Waals surface area (Å²) in [5, 5.41) is 7.92. The second kappa shape index (κ2) is 9.93. The fraction of sp³-hybridized carbons (Fsp3) is 0.444. The maximum Gasteiger partial charge on any atom is 0.194 e. The number of ether oxygens (including phenoxy) is 1. The second-order valence-corrected chi connectivity index (χ2v) is 5.97. The van der Waals surface area contributed by atoms with Crippen molar-refractivity contribution in [2.45, 2.75) is 26.8 Å². The molecule has 0 saturated heterocycles. The van der Waals surface area contributed by atoms with Gasteiger partial charge in [0.25, 0.3) is 0 Å². The average Bonchev–Trinajstić information content (AvgIpc) is 3.06. The topological polar surface area (TPSA) is 62.9 Å². The van der Waals surface area contributed by atoms with Crippen molar-refractivity contribution in [1.82, 2.24) is 15.4 Å². The number of aromatic nitrogens is 1. The number of nitrogens with one attached hydrogen (secondary N) is 1. The summed E-state index contributed by atoms with van der Waals surface area (Å²) in [5.41, 5.74) is 0.943. The molecule has 0 aliphatic rings. The fourth-order valence-electron chi connectivity index (χ4n) is 2.18. The molecule has 0 atom stereocenters. The van der Waals surface area contributed by atoms with Gasteiger partial charge in [0.2, 0.25) is 0 Å². The number of benzene rings is 1. The third kappa shape index (κ3) is 6.31. The Morgan fingerprint density at radius 2 is 2.20 bits per heavy atom. The van der Waals surface area contributed by atoms with Gasteiger partial charge in [-0.3, -0.25) is 0 Å². The molecule has 1 heterocycles. The summed E-state index contributed by atoms with van der Waals surface area (Å²) >= 11 is 5.96. The van der Waals surface area contributed by atoms with Gasteiger partial charge in [0.1, 0.15) is 18.9 Å². The van der Waals surface area contributed by atoms with Crippen LogP contribution in [0.4, 0.5) is 0 Å². The van der Waals surface area contributed by atoms with E-state index < -0.39 is 0 Å². The van der Waals surface area contributed by atoms with Crippen LogP contribution in [0, 0.1) is 0 Å². The number of hydrogen-bond acceptors (Lipinski definition) is 4. The van der Waals surface area contributed by atoms with Crippen LogP contribution in [0.5, 0.6) is 5.75 Å². The van der Waals surface area contributed by atoms with Crippen LogP contribution < -0.4 is 10.1 Å². The van der Waals surface area contributed by atoms with Crippen LogP contribution in [0.2, 0.25) is 5.02 Å². The van der Waals surface area contributed by atoms with Crippen molar-refractivity contribution in [3.8, 4) is 5.75 Å². The first-order chi connectivity index (χ1) is 12.1. The summed E-state index contributed by atoms with van der Waals surface area (Å²) in [4.78, 5) is 6.61. The highest BCUT2D eigenvalue weighted by Gasteiger charge is 2.08. The maximum atomic E-state index is 5.96. The lowest BCUT2D eigenvalue weighted by Crippen LogP contribution is -2.40. The zero-order valence-corrected chi connectivity index (χ0v) is 15.7. The van der Waals surface area contributed by atoms with Crippen molar-refractivity contribution in [3.05, 3.63) is 46.8 Å². The molecule has 7 heteroatoms. The highest BCUT2D eigenvalue weighted by atomic mass is 35.5. The minimum absolute atomic E-state index is 0.453. The first-order valence-electron chi connectivity index (χ1n) is 8.44. The number of aliphatic imine (C=N–C) groups is 1. The van der Waals surface area contributed by atoms with Crippen molar-refractivity contribution >= 4 is 17.6 Å². The van der Waals surface area contributed by atoms with Crippen LogP contribution in [-0.2, 0) is 13.0 Å². The van der Waals surface area contributed by atoms with E-state index in [0.29, 0.717) is 24.7 Å². The number of halogens is 1. The van der Waals surface area contributed by atoms with Gasteiger partial charge in [-0.1, -0.05) is 29.7 Å². The first kappa shape index (κ1) is 19.1. The van der Waals surface area contributed by atoms with E-state index in [-0.39, 0.29) is 0 Å². The summed E-state index contributed by atoms with van der Waals surface area (Å²) < 4.78 is 11.0. The molecule has 1 N–H and O–H groups in total. The zero-order valence-electron chi connectivity index (χ0n) is 15.0. The van der Waals surface area contributed by atoms with Gasteiger partial charge in [-0.2, -0.15) is 0 Å². The molecule has 0 amide bonds. The molecule has 25 heavy (non-hydrogen) atoms. The molecule has 0 unspecified atom stereocenters. The number of nitrogens with zero attached hydrogens (tertiary/aromatic N) is 3. The Bertz CT molecular complexity index is 687. The normalized spacial score (nSPS) is 11.4. The summed E-state index contributed by atoms with van der Waals surface area (Å²) in [6, 6.07) is 9.32. The summed E-state index contributed by atoms with van der Waals surface area (Å²) in [7, 11) is 1.97. The van der Waals surface area contributed by atoms with Gasteiger partial charge in [0, 0.05) is 24.7 Å². The number of aryl methyl sites for hydroxylation is 1. The molecule has 0 aliphatic carbocycles. The van der Waals surface area contributed by atoms with Crippen LogP contribution in [0.3, 0.4) is 0 Å². The fourth-order valence-corrected chi connectivity index (χ4v) is 2.36. The Balaban J connectivity index is 1.87. The molecule has 0 fully saturated rings. The number of rotatable bonds is 8. The van der Waals surface area contributed by atoms with Gasteiger partial charge in [-0.15, -0.1) is 0 Å². The summed E-state index contributed by atoms with van der Waals surface area (Å²) in [6.45, 7) is 6.54.